The fourth-order valence-electron chi connectivity index (χ4n) is 3.07. The molecule has 3 aromatic carbocycles. The van der Waals surface area contributed by atoms with Crippen LogP contribution in [0.1, 0.15) is 15.9 Å². The highest BCUT2D eigenvalue weighted by Gasteiger charge is 2.10. The van der Waals surface area contributed by atoms with Crippen LogP contribution < -0.4 is 15.4 Å². The number of fused-ring (bicyclic) bond motifs is 1. The van der Waals surface area contributed by atoms with Crippen molar-refractivity contribution in [3.05, 3.63) is 96.1 Å². The van der Waals surface area contributed by atoms with E-state index in [0.29, 0.717) is 12.2 Å². The van der Waals surface area contributed by atoms with E-state index in [2.05, 4.69) is 20.6 Å². The molecule has 0 bridgehead atoms. The normalized spacial score (nSPS) is 10.5. The molecule has 0 saturated carbocycles. The first-order valence-electron chi connectivity index (χ1n) is 9.83. The first-order chi connectivity index (χ1) is 15.6. The van der Waals surface area contributed by atoms with Crippen LogP contribution in [-0.4, -0.2) is 28.4 Å². The number of nitrogens with zero attached hydrogens (tertiary/aromatic N) is 2. The van der Waals surface area contributed by atoms with Crippen molar-refractivity contribution in [2.45, 2.75) is 6.54 Å². The Kier molecular flexibility index (Phi) is 6.31. The second-order valence-electron chi connectivity index (χ2n) is 6.92. The molecule has 0 radical (unpaired) electrons. The van der Waals surface area contributed by atoms with Gasteiger partial charge >= 0.3 is 6.01 Å². The monoisotopic (exact) mass is 430 g/mol. The van der Waals surface area contributed by atoms with Crippen LogP contribution in [-0.2, 0) is 11.3 Å². The van der Waals surface area contributed by atoms with E-state index >= 15 is 0 Å². The predicted octanol–water partition coefficient (Wildman–Crippen LogP) is 3.72. The zero-order valence-corrected chi connectivity index (χ0v) is 16.9. The van der Waals surface area contributed by atoms with E-state index in [9.17, 15) is 14.0 Å². The third-order valence-corrected chi connectivity index (χ3v) is 4.68. The highest BCUT2D eigenvalue weighted by Crippen LogP contribution is 2.18. The van der Waals surface area contributed by atoms with Gasteiger partial charge in [-0.15, -0.1) is 0 Å². The van der Waals surface area contributed by atoms with E-state index in [4.69, 9.17) is 4.74 Å². The summed E-state index contributed by atoms with van der Waals surface area (Å²) in [4.78, 5) is 32.3. The molecule has 1 heterocycles. The zero-order valence-electron chi connectivity index (χ0n) is 16.9. The molecular weight excluding hydrogens is 411 g/mol. The molecule has 8 heteroatoms. The molecule has 1 aromatic heterocycles. The maximum atomic E-state index is 12.9. The van der Waals surface area contributed by atoms with Crippen LogP contribution >= 0.6 is 0 Å². The first kappa shape index (κ1) is 20.9. The number of benzene rings is 3. The molecule has 0 aliphatic carbocycles. The Morgan fingerprint density at radius 2 is 1.62 bits per heavy atom. The Labute approximate surface area is 183 Å². The van der Waals surface area contributed by atoms with Crippen LogP contribution in [0.3, 0.4) is 0 Å². The number of hydrogen-bond acceptors (Lipinski definition) is 5. The first-order valence-corrected chi connectivity index (χ1v) is 9.83. The second-order valence-corrected chi connectivity index (χ2v) is 6.92. The Bertz CT molecular complexity index is 1240. The van der Waals surface area contributed by atoms with Crippen molar-refractivity contribution < 1.29 is 18.7 Å². The number of anilines is 1. The van der Waals surface area contributed by atoms with Gasteiger partial charge in [0.05, 0.1) is 5.56 Å². The molecule has 4 rings (SSSR count). The number of nitrogens with one attached hydrogen (secondary N) is 2. The maximum absolute atomic E-state index is 12.9. The van der Waals surface area contributed by atoms with Gasteiger partial charge < -0.3 is 15.4 Å². The molecule has 2 amide bonds. The Hall–Kier alpha value is -4.33. The van der Waals surface area contributed by atoms with E-state index in [-0.39, 0.29) is 24.1 Å². The summed E-state index contributed by atoms with van der Waals surface area (Å²) >= 11 is 0. The third-order valence-electron chi connectivity index (χ3n) is 4.68. The molecule has 2 N–H and O–H groups in total. The molecule has 160 valence electrons. The molecule has 0 unspecified atom stereocenters. The van der Waals surface area contributed by atoms with Crippen molar-refractivity contribution in [3.8, 4) is 6.01 Å². The van der Waals surface area contributed by atoms with Crippen molar-refractivity contribution in [2.75, 3.05) is 11.9 Å². The minimum Gasteiger partial charge on any atom is -0.453 e. The van der Waals surface area contributed by atoms with Crippen molar-refractivity contribution in [2.24, 2.45) is 0 Å². The molecule has 0 spiro atoms. The average molecular weight is 430 g/mol. The van der Waals surface area contributed by atoms with Crippen LogP contribution in [0.15, 0.2) is 79.1 Å². The van der Waals surface area contributed by atoms with Crippen LogP contribution in [0, 0.1) is 5.82 Å². The highest BCUT2D eigenvalue weighted by molar-refractivity contribution is 6.03. The van der Waals surface area contributed by atoms with E-state index in [0.717, 1.165) is 16.3 Å². The molecule has 0 aliphatic rings. The number of carbonyl (C=O) groups is 2. The number of ether oxygens (including phenoxy) is 1. The summed E-state index contributed by atoms with van der Waals surface area (Å²) < 4.78 is 18.2. The van der Waals surface area contributed by atoms with Gasteiger partial charge in [-0.3, -0.25) is 9.59 Å². The maximum Gasteiger partial charge on any atom is 0.316 e. The summed E-state index contributed by atoms with van der Waals surface area (Å²) in [6.07, 6.45) is 2.57. The second kappa shape index (κ2) is 9.65. The zero-order chi connectivity index (χ0) is 22.3. The predicted molar refractivity (Wildman–Crippen MR) is 118 cm³/mol. The molecule has 0 saturated heterocycles. The van der Waals surface area contributed by atoms with Gasteiger partial charge in [-0.25, -0.2) is 14.4 Å². The molecular formula is C24H19FN4O3. The van der Waals surface area contributed by atoms with Crippen molar-refractivity contribution in [3.63, 3.8) is 0 Å². The van der Waals surface area contributed by atoms with Crippen LogP contribution in [0.2, 0.25) is 0 Å². The van der Waals surface area contributed by atoms with Crippen LogP contribution in [0.4, 0.5) is 10.1 Å². The Morgan fingerprint density at radius 1 is 0.906 bits per heavy atom. The quantitative estimate of drug-likeness (QED) is 0.466. The molecule has 0 fully saturated rings. The molecule has 0 aliphatic heterocycles. The topological polar surface area (TPSA) is 93.2 Å². The fourth-order valence-corrected chi connectivity index (χ4v) is 3.07. The third kappa shape index (κ3) is 5.23. The lowest BCUT2D eigenvalue weighted by molar-refractivity contribution is -0.123. The van der Waals surface area contributed by atoms with Gasteiger partial charge in [0, 0.05) is 24.6 Å². The van der Waals surface area contributed by atoms with Crippen molar-refractivity contribution >= 4 is 28.3 Å². The molecule has 32 heavy (non-hydrogen) atoms. The average Bonchev–Trinajstić information content (AvgIpc) is 2.83. The Morgan fingerprint density at radius 3 is 2.41 bits per heavy atom. The number of aromatic nitrogens is 2. The minimum atomic E-state index is -0.448. The number of rotatable bonds is 7. The molecule has 7 nitrogen and oxygen atoms in total. The summed E-state index contributed by atoms with van der Waals surface area (Å²) in [5.41, 5.74) is 1.64. The van der Waals surface area contributed by atoms with Crippen molar-refractivity contribution in [1.82, 2.24) is 15.3 Å². The lowest BCUT2D eigenvalue weighted by atomic mass is 10.0. The van der Waals surface area contributed by atoms with E-state index in [1.165, 1.54) is 36.7 Å². The van der Waals surface area contributed by atoms with Gasteiger partial charge in [-0.1, -0.05) is 42.5 Å². The number of hydrogen-bond donors (Lipinski definition) is 2. The summed E-state index contributed by atoms with van der Waals surface area (Å²) in [5.74, 6) is -1.16. The minimum absolute atomic E-state index is 0.0244. The molecule has 0 atom stereocenters. The lowest BCUT2D eigenvalue weighted by Gasteiger charge is -2.09. The van der Waals surface area contributed by atoms with Gasteiger partial charge in [-0.2, -0.15) is 0 Å². The summed E-state index contributed by atoms with van der Waals surface area (Å²) in [7, 11) is 0. The Balaban J connectivity index is 1.27. The van der Waals surface area contributed by atoms with Gasteiger partial charge in [-0.05, 0) is 40.6 Å². The van der Waals surface area contributed by atoms with E-state index in [1.807, 2.05) is 42.5 Å². The van der Waals surface area contributed by atoms with Crippen LogP contribution in [0.5, 0.6) is 6.01 Å². The van der Waals surface area contributed by atoms with Gasteiger partial charge in [0.15, 0.2) is 6.61 Å². The summed E-state index contributed by atoms with van der Waals surface area (Å²) in [6, 6.07) is 19.2. The summed E-state index contributed by atoms with van der Waals surface area (Å²) in [5, 5.41) is 7.60. The van der Waals surface area contributed by atoms with Gasteiger partial charge in [0.25, 0.3) is 11.8 Å². The standard InChI is InChI=1S/C24H19FN4O3/c25-19-8-10-20(11-9-19)29-23(31)18-13-27-24(28-14-18)32-15-22(30)26-12-17-6-3-5-16-4-1-2-7-21(16)17/h1-11,13-14H,12,15H2,(H,26,30)(H,29,31). The SMILES string of the molecule is O=C(COc1ncc(C(=O)Nc2ccc(F)cc2)cn1)NCc1cccc2ccccc12. The van der Waals surface area contributed by atoms with Gasteiger partial charge in [0.1, 0.15) is 5.82 Å². The summed E-state index contributed by atoms with van der Waals surface area (Å²) in [6.45, 7) is 0.110. The molecule has 4 aromatic rings. The number of halogens is 1. The van der Waals surface area contributed by atoms with Crippen LogP contribution in [0.25, 0.3) is 10.8 Å². The number of amides is 2. The van der Waals surface area contributed by atoms with E-state index < -0.39 is 11.7 Å². The van der Waals surface area contributed by atoms with Crippen molar-refractivity contribution in [1.29, 1.82) is 0 Å². The lowest BCUT2D eigenvalue weighted by Crippen LogP contribution is -2.28. The fraction of sp³-hybridized carbons (Fsp3) is 0.0833. The number of carbonyl (C=O) groups excluding carboxylic acids is 2. The smallest absolute Gasteiger partial charge is 0.316 e. The van der Waals surface area contributed by atoms with Gasteiger partial charge in [0.2, 0.25) is 0 Å². The largest absolute Gasteiger partial charge is 0.453 e. The van der Waals surface area contributed by atoms with E-state index in [1.54, 1.807) is 0 Å². The highest BCUT2D eigenvalue weighted by atomic mass is 19.1.